The Hall–Kier alpha value is -2.63. The van der Waals surface area contributed by atoms with Crippen LogP contribution in [-0.2, 0) is 4.74 Å². The average Bonchev–Trinajstić information content (AvgIpc) is 2.69. The average molecular weight is 411 g/mol. The van der Waals surface area contributed by atoms with E-state index in [1.165, 1.54) is 0 Å². The Kier molecular flexibility index (Phi) is 4.26. The Bertz CT molecular complexity index is 1050. The fourth-order valence-corrected chi connectivity index (χ4v) is 3.80. The van der Waals surface area contributed by atoms with Gasteiger partial charge in [0.2, 0.25) is 5.78 Å². The molecule has 5 heteroatoms. The van der Waals surface area contributed by atoms with Crippen molar-refractivity contribution in [3.05, 3.63) is 71.5 Å². The summed E-state index contributed by atoms with van der Waals surface area (Å²) in [6, 6.07) is 17.1. The van der Waals surface area contributed by atoms with Gasteiger partial charge >= 0.3 is 0 Å². The normalized spacial score (nSPS) is 13.4. The van der Waals surface area contributed by atoms with Crippen molar-refractivity contribution in [2.45, 2.75) is 0 Å². The number of ether oxygens (including phenoxy) is 2. The third-order valence-corrected chi connectivity index (χ3v) is 5.25. The zero-order valence-electron chi connectivity index (χ0n) is 14.0. The van der Waals surface area contributed by atoms with Crippen LogP contribution in [0.3, 0.4) is 0 Å². The fraction of sp³-hybridized carbons (Fsp3) is 0.0952. The van der Waals surface area contributed by atoms with E-state index in [1.807, 2.05) is 54.6 Å². The van der Waals surface area contributed by atoms with Crippen molar-refractivity contribution in [3.63, 3.8) is 0 Å². The van der Waals surface area contributed by atoms with Gasteiger partial charge in [-0.25, -0.2) is 0 Å². The quantitative estimate of drug-likeness (QED) is 0.592. The number of aliphatic hydroxyl groups is 1. The summed E-state index contributed by atoms with van der Waals surface area (Å²) in [5.74, 6) is -0.0635. The van der Waals surface area contributed by atoms with Crippen LogP contribution < -0.4 is 4.74 Å². The number of rotatable bonds is 4. The molecule has 4 rings (SSSR count). The first-order valence-corrected chi connectivity index (χ1v) is 8.83. The number of Topliss-reactive ketones (excluding diaryl/α,β-unsaturated/α-hetero) is 1. The van der Waals surface area contributed by atoms with E-state index in [0.29, 0.717) is 15.8 Å². The van der Waals surface area contributed by atoms with Gasteiger partial charge in [-0.3, -0.25) is 4.79 Å². The van der Waals surface area contributed by atoms with Crippen molar-refractivity contribution < 1.29 is 19.4 Å². The van der Waals surface area contributed by atoms with Crippen LogP contribution in [0.5, 0.6) is 5.75 Å². The first-order valence-electron chi connectivity index (χ1n) is 8.04. The fourth-order valence-electron chi connectivity index (χ4n) is 3.29. The number of carbonyl (C=O) groups is 1. The summed E-state index contributed by atoms with van der Waals surface area (Å²) in [6.07, 6.45) is 0. The van der Waals surface area contributed by atoms with Gasteiger partial charge in [-0.05, 0) is 45.3 Å². The third kappa shape index (κ3) is 2.52. The number of carbonyl (C=O) groups excluding carboxylic acids is 1. The standard InChI is InChI=1S/C21H15BrO4/c1-25-11-26-16-10-9-15-17-14(16)8-7-13(12-5-3-2-4-6-12)18(17)20(23)21(24)19(15)22/h2-10,24H,11H2,1H3. The largest absolute Gasteiger partial charge is 0.503 e. The van der Waals surface area contributed by atoms with Crippen LogP contribution in [0.15, 0.2) is 60.4 Å². The zero-order chi connectivity index (χ0) is 18.3. The summed E-state index contributed by atoms with van der Waals surface area (Å²) in [6.45, 7) is 0.112. The number of allylic oxidation sites excluding steroid dienone is 1. The minimum atomic E-state index is -0.405. The summed E-state index contributed by atoms with van der Waals surface area (Å²) in [5, 5.41) is 11.9. The second-order valence-electron chi connectivity index (χ2n) is 5.93. The number of methoxy groups -OCH3 is 1. The maximum Gasteiger partial charge on any atom is 0.229 e. The number of hydrogen-bond donors (Lipinski definition) is 1. The summed E-state index contributed by atoms with van der Waals surface area (Å²) >= 11 is 3.36. The van der Waals surface area contributed by atoms with E-state index in [2.05, 4.69) is 15.9 Å². The molecule has 0 saturated heterocycles. The smallest absolute Gasteiger partial charge is 0.229 e. The van der Waals surface area contributed by atoms with Gasteiger partial charge in [0.05, 0.1) is 4.48 Å². The topological polar surface area (TPSA) is 55.8 Å². The van der Waals surface area contributed by atoms with Gasteiger partial charge in [0, 0.05) is 29.0 Å². The number of halogens is 1. The van der Waals surface area contributed by atoms with E-state index in [9.17, 15) is 9.90 Å². The molecular weight excluding hydrogens is 396 g/mol. The highest BCUT2D eigenvalue weighted by atomic mass is 79.9. The molecule has 0 saturated carbocycles. The van der Waals surface area contributed by atoms with Crippen LogP contribution in [-0.4, -0.2) is 24.8 Å². The molecule has 0 heterocycles. The predicted molar refractivity (Wildman–Crippen MR) is 105 cm³/mol. The van der Waals surface area contributed by atoms with Crippen LogP contribution in [0.25, 0.3) is 26.4 Å². The van der Waals surface area contributed by atoms with Crippen molar-refractivity contribution >= 4 is 37.0 Å². The minimum Gasteiger partial charge on any atom is -0.503 e. The molecule has 0 aromatic heterocycles. The van der Waals surface area contributed by atoms with E-state index >= 15 is 0 Å². The Labute approximate surface area is 158 Å². The molecule has 26 heavy (non-hydrogen) atoms. The van der Waals surface area contributed by atoms with Gasteiger partial charge < -0.3 is 14.6 Å². The molecule has 0 unspecified atom stereocenters. The van der Waals surface area contributed by atoms with Gasteiger partial charge in [0.25, 0.3) is 0 Å². The lowest BCUT2D eigenvalue weighted by atomic mass is 9.85. The Balaban J connectivity index is 2.08. The Morgan fingerprint density at radius 2 is 1.73 bits per heavy atom. The summed E-state index contributed by atoms with van der Waals surface area (Å²) in [4.78, 5) is 12.9. The van der Waals surface area contributed by atoms with Gasteiger partial charge in [-0.15, -0.1) is 0 Å². The van der Waals surface area contributed by atoms with Crippen LogP contribution in [0.4, 0.5) is 0 Å². The van der Waals surface area contributed by atoms with Crippen LogP contribution in [0, 0.1) is 0 Å². The summed E-state index contributed by atoms with van der Waals surface area (Å²) in [5.41, 5.74) is 2.93. The molecule has 1 N–H and O–H groups in total. The maximum absolute atomic E-state index is 12.9. The van der Waals surface area contributed by atoms with E-state index in [1.54, 1.807) is 7.11 Å². The van der Waals surface area contributed by atoms with Gasteiger partial charge in [-0.1, -0.05) is 36.4 Å². The molecule has 4 nitrogen and oxygen atoms in total. The molecule has 0 radical (unpaired) electrons. The van der Waals surface area contributed by atoms with Gasteiger partial charge in [0.1, 0.15) is 5.75 Å². The van der Waals surface area contributed by atoms with Gasteiger partial charge in [-0.2, -0.15) is 0 Å². The van der Waals surface area contributed by atoms with Crippen molar-refractivity contribution in [1.29, 1.82) is 0 Å². The van der Waals surface area contributed by atoms with Crippen molar-refractivity contribution in [1.82, 2.24) is 0 Å². The Morgan fingerprint density at radius 3 is 2.46 bits per heavy atom. The molecule has 1 aliphatic carbocycles. The highest BCUT2D eigenvalue weighted by molar-refractivity contribution is 9.15. The molecule has 130 valence electrons. The van der Waals surface area contributed by atoms with E-state index in [4.69, 9.17) is 9.47 Å². The third-order valence-electron chi connectivity index (χ3n) is 4.45. The van der Waals surface area contributed by atoms with Crippen LogP contribution in [0.1, 0.15) is 15.9 Å². The molecule has 0 amide bonds. The molecule has 3 aromatic carbocycles. The van der Waals surface area contributed by atoms with Crippen molar-refractivity contribution in [2.75, 3.05) is 13.9 Å². The maximum atomic E-state index is 12.9. The molecule has 0 aliphatic heterocycles. The number of ketones is 1. The lowest BCUT2D eigenvalue weighted by Crippen LogP contribution is -2.13. The lowest BCUT2D eigenvalue weighted by Gasteiger charge is -2.21. The van der Waals surface area contributed by atoms with Crippen LogP contribution >= 0.6 is 15.9 Å². The first-order chi connectivity index (χ1) is 12.6. The molecule has 0 fully saturated rings. The highest BCUT2D eigenvalue weighted by Crippen LogP contribution is 2.45. The zero-order valence-corrected chi connectivity index (χ0v) is 15.5. The van der Waals surface area contributed by atoms with Crippen molar-refractivity contribution in [2.24, 2.45) is 0 Å². The van der Waals surface area contributed by atoms with Crippen molar-refractivity contribution in [3.8, 4) is 16.9 Å². The summed E-state index contributed by atoms with van der Waals surface area (Å²) in [7, 11) is 1.56. The van der Waals surface area contributed by atoms with Crippen LogP contribution in [0.2, 0.25) is 0 Å². The minimum absolute atomic E-state index is 0.112. The monoisotopic (exact) mass is 410 g/mol. The second-order valence-corrected chi connectivity index (χ2v) is 6.72. The number of hydrogen-bond acceptors (Lipinski definition) is 4. The van der Waals surface area contributed by atoms with Gasteiger partial charge in [0.15, 0.2) is 12.6 Å². The molecule has 0 bridgehead atoms. The van der Waals surface area contributed by atoms with E-state index in [-0.39, 0.29) is 12.6 Å². The Morgan fingerprint density at radius 1 is 1.00 bits per heavy atom. The van der Waals surface area contributed by atoms with E-state index < -0.39 is 5.78 Å². The molecule has 0 atom stereocenters. The molecule has 1 aliphatic rings. The number of aliphatic hydroxyl groups excluding tert-OH is 1. The number of benzene rings is 3. The summed E-state index contributed by atoms with van der Waals surface area (Å²) < 4.78 is 11.1. The molecular formula is C21H15BrO4. The lowest BCUT2D eigenvalue weighted by molar-refractivity contribution is 0.0522. The molecule has 3 aromatic rings. The highest BCUT2D eigenvalue weighted by Gasteiger charge is 2.30. The molecule has 0 spiro atoms. The van der Waals surface area contributed by atoms with E-state index in [0.717, 1.165) is 27.5 Å². The first kappa shape index (κ1) is 16.8. The second kappa shape index (κ2) is 6.59. The predicted octanol–water partition coefficient (Wildman–Crippen LogP) is 5.31. The SMILES string of the molecule is COCOc1ccc2c3c(c(-c4ccccc4)ccc13)C(=O)C(O)=C2Br.